The number of hydrogen-bond donors (Lipinski definition) is 1. The van der Waals surface area contributed by atoms with Gasteiger partial charge in [0.15, 0.2) is 0 Å². The third-order valence-corrected chi connectivity index (χ3v) is 2.89. The van der Waals surface area contributed by atoms with E-state index >= 15 is 0 Å². The predicted molar refractivity (Wildman–Crippen MR) is 67.9 cm³/mol. The van der Waals surface area contributed by atoms with Crippen molar-refractivity contribution in [3.05, 3.63) is 11.8 Å². The number of nitrogens with zero attached hydrogens (tertiary/aromatic N) is 3. The van der Waals surface area contributed by atoms with E-state index in [0.29, 0.717) is 51.1 Å². The zero-order valence-electron chi connectivity index (χ0n) is 11.4. The van der Waals surface area contributed by atoms with Gasteiger partial charge >= 0.3 is 6.03 Å². The topological polar surface area (TPSA) is 80.5 Å². The minimum Gasteiger partial charge on any atom is -0.425 e. The van der Waals surface area contributed by atoms with Gasteiger partial charge in [-0.3, -0.25) is 0 Å². The highest BCUT2D eigenvalue weighted by atomic mass is 16.5. The first kappa shape index (κ1) is 13.8. The summed E-state index contributed by atoms with van der Waals surface area (Å²) in [5.41, 5.74) is 0. The molecule has 0 spiro atoms. The molecule has 19 heavy (non-hydrogen) atoms. The van der Waals surface area contributed by atoms with E-state index in [9.17, 15) is 4.79 Å². The zero-order chi connectivity index (χ0) is 13.7. The van der Waals surface area contributed by atoms with Crippen molar-refractivity contribution < 1.29 is 13.9 Å². The summed E-state index contributed by atoms with van der Waals surface area (Å²) in [5.74, 6) is 1.42. The summed E-state index contributed by atoms with van der Waals surface area (Å²) >= 11 is 0. The summed E-state index contributed by atoms with van der Waals surface area (Å²) in [6.45, 7) is 6.99. The van der Waals surface area contributed by atoms with Gasteiger partial charge in [-0.15, -0.1) is 10.2 Å². The molecule has 2 amide bonds. The molecule has 7 heteroatoms. The Balaban J connectivity index is 1.71. The Hall–Kier alpha value is -1.63. The normalized spacial score (nSPS) is 15.8. The highest BCUT2D eigenvalue weighted by Crippen LogP contribution is 2.11. The number of urea groups is 1. The lowest BCUT2D eigenvalue weighted by atomic mass is 10.2. The standard InChI is InChI=1S/C12H20N4O3/c1-9(2)11-15-14-10(19-11)3-4-13-12(17)16-5-7-18-8-6-16/h9H,3-8H2,1-2H3,(H,13,17). The molecule has 0 aliphatic carbocycles. The van der Waals surface area contributed by atoms with Crippen molar-refractivity contribution in [2.45, 2.75) is 26.2 Å². The van der Waals surface area contributed by atoms with Crippen molar-refractivity contribution in [3.63, 3.8) is 0 Å². The molecule has 0 saturated carbocycles. The van der Waals surface area contributed by atoms with E-state index < -0.39 is 0 Å². The van der Waals surface area contributed by atoms with Crippen molar-refractivity contribution in [1.82, 2.24) is 20.4 Å². The number of rotatable bonds is 4. The highest BCUT2D eigenvalue weighted by Gasteiger charge is 2.16. The van der Waals surface area contributed by atoms with Crippen LogP contribution in [0, 0.1) is 0 Å². The maximum Gasteiger partial charge on any atom is 0.317 e. The molecule has 0 atom stereocenters. The van der Waals surface area contributed by atoms with Crippen LogP contribution < -0.4 is 5.32 Å². The van der Waals surface area contributed by atoms with Crippen LogP contribution in [-0.4, -0.2) is 54.0 Å². The predicted octanol–water partition coefficient (Wildman–Crippen LogP) is 0.777. The lowest BCUT2D eigenvalue weighted by Crippen LogP contribution is -2.46. The number of nitrogens with one attached hydrogen (secondary N) is 1. The minimum absolute atomic E-state index is 0.0631. The van der Waals surface area contributed by atoms with Crippen LogP contribution in [0.1, 0.15) is 31.5 Å². The van der Waals surface area contributed by atoms with E-state index in [1.165, 1.54) is 0 Å². The van der Waals surface area contributed by atoms with Crippen molar-refractivity contribution in [2.24, 2.45) is 0 Å². The summed E-state index contributed by atoms with van der Waals surface area (Å²) in [5, 5.41) is 10.7. The molecule has 1 saturated heterocycles. The Labute approximate surface area is 112 Å². The molecule has 0 radical (unpaired) electrons. The molecule has 1 aliphatic rings. The van der Waals surface area contributed by atoms with E-state index in [1.54, 1.807) is 4.90 Å². The largest absolute Gasteiger partial charge is 0.425 e. The van der Waals surface area contributed by atoms with E-state index in [0.717, 1.165) is 0 Å². The molecule has 1 aliphatic heterocycles. The smallest absolute Gasteiger partial charge is 0.317 e. The van der Waals surface area contributed by atoms with Gasteiger partial charge in [0.05, 0.1) is 13.2 Å². The quantitative estimate of drug-likeness (QED) is 0.872. The Morgan fingerprint density at radius 3 is 2.74 bits per heavy atom. The van der Waals surface area contributed by atoms with Crippen LogP contribution in [-0.2, 0) is 11.2 Å². The summed E-state index contributed by atoms with van der Waals surface area (Å²) in [4.78, 5) is 13.5. The molecular weight excluding hydrogens is 248 g/mol. The first-order chi connectivity index (χ1) is 9.16. The fourth-order valence-electron chi connectivity index (χ4n) is 1.76. The Morgan fingerprint density at radius 2 is 2.11 bits per heavy atom. The summed E-state index contributed by atoms with van der Waals surface area (Å²) in [7, 11) is 0. The first-order valence-electron chi connectivity index (χ1n) is 6.59. The molecule has 2 rings (SSSR count). The molecule has 1 N–H and O–H groups in total. The van der Waals surface area contributed by atoms with Crippen LogP contribution >= 0.6 is 0 Å². The molecule has 1 fully saturated rings. The van der Waals surface area contributed by atoms with Crippen LogP contribution in [0.5, 0.6) is 0 Å². The van der Waals surface area contributed by atoms with Gasteiger partial charge in [0.1, 0.15) is 0 Å². The SMILES string of the molecule is CC(C)c1nnc(CCNC(=O)N2CCOCC2)o1. The summed E-state index contributed by atoms with van der Waals surface area (Å²) in [6.07, 6.45) is 0.551. The van der Waals surface area contributed by atoms with E-state index in [2.05, 4.69) is 15.5 Å². The van der Waals surface area contributed by atoms with E-state index in [-0.39, 0.29) is 11.9 Å². The fraction of sp³-hybridized carbons (Fsp3) is 0.750. The van der Waals surface area contributed by atoms with Crippen molar-refractivity contribution in [2.75, 3.05) is 32.8 Å². The molecule has 7 nitrogen and oxygen atoms in total. The number of amides is 2. The van der Waals surface area contributed by atoms with Crippen molar-refractivity contribution in [1.29, 1.82) is 0 Å². The van der Waals surface area contributed by atoms with Gasteiger partial charge in [0, 0.05) is 32.0 Å². The van der Waals surface area contributed by atoms with Gasteiger partial charge in [0.2, 0.25) is 11.8 Å². The average molecular weight is 268 g/mol. The summed E-state index contributed by atoms with van der Waals surface area (Å²) in [6, 6.07) is -0.0631. The van der Waals surface area contributed by atoms with Crippen molar-refractivity contribution in [3.8, 4) is 0 Å². The van der Waals surface area contributed by atoms with Gasteiger partial charge in [-0.05, 0) is 0 Å². The van der Waals surface area contributed by atoms with Crippen LogP contribution in [0.15, 0.2) is 4.42 Å². The zero-order valence-corrected chi connectivity index (χ0v) is 11.4. The Kier molecular flexibility index (Phi) is 4.73. The summed E-state index contributed by atoms with van der Waals surface area (Å²) < 4.78 is 10.7. The number of carbonyl (C=O) groups is 1. The van der Waals surface area contributed by atoms with E-state index in [4.69, 9.17) is 9.15 Å². The Bertz CT molecular complexity index is 413. The molecule has 1 aromatic heterocycles. The maximum absolute atomic E-state index is 11.8. The number of carbonyl (C=O) groups excluding carboxylic acids is 1. The number of morpholine rings is 1. The minimum atomic E-state index is -0.0631. The maximum atomic E-state index is 11.8. The Morgan fingerprint density at radius 1 is 1.37 bits per heavy atom. The number of hydrogen-bond acceptors (Lipinski definition) is 5. The third kappa shape index (κ3) is 3.92. The molecule has 2 heterocycles. The molecular formula is C12H20N4O3. The van der Waals surface area contributed by atoms with Gasteiger partial charge < -0.3 is 19.4 Å². The van der Waals surface area contributed by atoms with Gasteiger partial charge in [0.25, 0.3) is 0 Å². The monoisotopic (exact) mass is 268 g/mol. The second-order valence-electron chi connectivity index (χ2n) is 4.77. The molecule has 106 valence electrons. The number of aromatic nitrogens is 2. The van der Waals surface area contributed by atoms with Gasteiger partial charge in [-0.25, -0.2) is 4.79 Å². The molecule has 0 aromatic carbocycles. The van der Waals surface area contributed by atoms with Crippen LogP contribution in [0.25, 0.3) is 0 Å². The van der Waals surface area contributed by atoms with Crippen LogP contribution in [0.2, 0.25) is 0 Å². The molecule has 0 unspecified atom stereocenters. The van der Waals surface area contributed by atoms with Crippen LogP contribution in [0.4, 0.5) is 4.79 Å². The fourth-order valence-corrected chi connectivity index (χ4v) is 1.76. The van der Waals surface area contributed by atoms with Crippen LogP contribution in [0.3, 0.4) is 0 Å². The van der Waals surface area contributed by atoms with Gasteiger partial charge in [-0.1, -0.05) is 13.8 Å². The second kappa shape index (κ2) is 6.51. The first-order valence-corrected chi connectivity index (χ1v) is 6.59. The third-order valence-electron chi connectivity index (χ3n) is 2.89. The highest BCUT2D eigenvalue weighted by molar-refractivity contribution is 5.74. The van der Waals surface area contributed by atoms with Gasteiger partial charge in [-0.2, -0.15) is 0 Å². The lowest BCUT2D eigenvalue weighted by Gasteiger charge is -2.26. The number of ether oxygens (including phenoxy) is 1. The molecule has 0 bridgehead atoms. The lowest BCUT2D eigenvalue weighted by molar-refractivity contribution is 0.0532. The van der Waals surface area contributed by atoms with Crippen molar-refractivity contribution >= 4 is 6.03 Å². The average Bonchev–Trinajstić information content (AvgIpc) is 2.89. The van der Waals surface area contributed by atoms with E-state index in [1.807, 2.05) is 13.8 Å². The molecule has 1 aromatic rings. The second-order valence-corrected chi connectivity index (χ2v) is 4.77.